The Morgan fingerprint density at radius 3 is 1.36 bits per heavy atom. The topological polar surface area (TPSA) is 3.24 Å². The first-order valence-electron chi connectivity index (χ1n) is 22.2. The van der Waals surface area contributed by atoms with Gasteiger partial charge < -0.3 is 4.90 Å². The first-order valence-corrected chi connectivity index (χ1v) is 24.2. The van der Waals surface area contributed by atoms with Gasteiger partial charge in [0.05, 0.1) is 0 Å². The summed E-state index contributed by atoms with van der Waals surface area (Å²) in [4.78, 5) is 2.53. The maximum Gasteiger partial charge on any atom is 0.183 e. The average molecular weight is 830 g/mol. The van der Waals surface area contributed by atoms with Gasteiger partial charge >= 0.3 is 0 Å². The number of fused-ring (bicyclic) bond motifs is 6. The molecule has 1 aliphatic heterocycles. The minimum Gasteiger partial charge on any atom is -0.311 e. The van der Waals surface area contributed by atoms with E-state index in [-0.39, 0.29) is 0 Å². The molecule has 1 aliphatic rings. The molecule has 2 heteroatoms. The Morgan fingerprint density at radius 2 is 0.750 bits per heavy atom. The van der Waals surface area contributed by atoms with Crippen molar-refractivity contribution < 1.29 is 0 Å². The second-order valence-corrected chi connectivity index (χ2v) is 20.5. The fourth-order valence-corrected chi connectivity index (χ4v) is 15.9. The summed E-state index contributed by atoms with van der Waals surface area (Å²) in [6.07, 6.45) is 0. The third-order valence-electron chi connectivity index (χ3n) is 13.3. The zero-order valence-corrected chi connectivity index (χ0v) is 36.3. The van der Waals surface area contributed by atoms with Crippen LogP contribution in [0.5, 0.6) is 0 Å². The van der Waals surface area contributed by atoms with Crippen LogP contribution in [0, 0.1) is 0 Å². The summed E-state index contributed by atoms with van der Waals surface area (Å²) < 4.78 is 0. The van der Waals surface area contributed by atoms with E-state index in [9.17, 15) is 0 Å². The molecule has 11 aromatic rings. The van der Waals surface area contributed by atoms with Crippen molar-refractivity contribution in [1.82, 2.24) is 0 Å². The van der Waals surface area contributed by atoms with Gasteiger partial charge in [-0.2, -0.15) is 0 Å². The molecule has 0 N–H and O–H groups in total. The van der Waals surface area contributed by atoms with Crippen molar-refractivity contribution in [3.8, 4) is 44.5 Å². The molecule has 0 aromatic heterocycles. The Bertz CT molecular complexity index is 3410. The molecule has 0 amide bonds. The number of hydrogen-bond donors (Lipinski definition) is 0. The SMILES string of the molecule is c1ccc(-c2ccc(N(c3ccc(-c4cccc5cccc(-c6ccccc6)c45)cc3)c3cccc4c3[Si](c3ccccc3)(c3ccccc3)c3ccc5ccccc5c3-4)cc2)cc1. The van der Waals surface area contributed by atoms with Crippen molar-refractivity contribution >= 4 is 67.4 Å². The van der Waals surface area contributed by atoms with E-state index in [1.807, 2.05) is 0 Å². The number of rotatable bonds is 8. The quantitative estimate of drug-likeness (QED) is 0.138. The van der Waals surface area contributed by atoms with Crippen LogP contribution in [-0.2, 0) is 0 Å². The summed E-state index contributed by atoms with van der Waals surface area (Å²) in [7, 11) is -2.95. The maximum atomic E-state index is 2.53. The van der Waals surface area contributed by atoms with Gasteiger partial charge in [-0.15, -0.1) is 0 Å². The highest BCUT2D eigenvalue weighted by Gasteiger charge is 2.51. The van der Waals surface area contributed by atoms with Crippen LogP contribution in [0.2, 0.25) is 0 Å². The standard InChI is InChI=1S/C62H43NSi/c1-5-18-44(19-6-1)45-34-39-50(40-35-45)63(51-41-36-48(37-42-51)55-31-16-24-49-23-15-30-54(60(49)55)46-20-7-2-8-21-46)58-33-17-32-57-61-56-29-14-13-22-47(56)38-43-59(61)64(62(57)58,52-25-9-3-10-26-52)53-27-11-4-12-28-53/h1-43H. The van der Waals surface area contributed by atoms with Crippen molar-refractivity contribution in [2.75, 3.05) is 4.90 Å². The summed E-state index contributed by atoms with van der Waals surface area (Å²) in [5.41, 5.74) is 13.4. The minimum atomic E-state index is -2.95. The Labute approximate surface area is 375 Å². The molecular weight excluding hydrogens is 787 g/mol. The predicted molar refractivity (Wildman–Crippen MR) is 275 cm³/mol. The third kappa shape index (κ3) is 6.06. The number of hydrogen-bond acceptors (Lipinski definition) is 1. The molecule has 0 atom stereocenters. The first-order chi connectivity index (χ1) is 31.8. The molecule has 12 rings (SSSR count). The zero-order valence-electron chi connectivity index (χ0n) is 35.3. The highest BCUT2D eigenvalue weighted by atomic mass is 28.3. The normalized spacial score (nSPS) is 12.5. The summed E-state index contributed by atoms with van der Waals surface area (Å²) in [6, 6.07) is 96.7. The first kappa shape index (κ1) is 37.7. The second-order valence-electron chi connectivity index (χ2n) is 16.8. The van der Waals surface area contributed by atoms with Gasteiger partial charge in [0.1, 0.15) is 0 Å². The van der Waals surface area contributed by atoms with Crippen molar-refractivity contribution in [2.24, 2.45) is 0 Å². The summed E-state index contributed by atoms with van der Waals surface area (Å²) in [6.45, 7) is 0. The van der Waals surface area contributed by atoms with Crippen molar-refractivity contribution in [2.45, 2.75) is 0 Å². The predicted octanol–water partition coefficient (Wildman–Crippen LogP) is 13.8. The molecule has 1 heterocycles. The molecule has 0 aliphatic carbocycles. The van der Waals surface area contributed by atoms with E-state index >= 15 is 0 Å². The second kappa shape index (κ2) is 15.7. The lowest BCUT2D eigenvalue weighted by Gasteiger charge is -2.36. The Kier molecular flexibility index (Phi) is 9.25. The maximum absolute atomic E-state index is 2.95. The summed E-state index contributed by atoms with van der Waals surface area (Å²) in [5.74, 6) is 0. The van der Waals surface area contributed by atoms with Gasteiger partial charge in [-0.25, -0.2) is 0 Å². The fourth-order valence-electron chi connectivity index (χ4n) is 10.6. The lowest BCUT2D eigenvalue weighted by Crippen LogP contribution is -2.73. The molecular formula is C62H43NSi. The van der Waals surface area contributed by atoms with Gasteiger partial charge in [-0.1, -0.05) is 231 Å². The molecule has 0 bridgehead atoms. The van der Waals surface area contributed by atoms with Crippen molar-refractivity contribution in [1.29, 1.82) is 0 Å². The largest absolute Gasteiger partial charge is 0.311 e. The molecule has 0 unspecified atom stereocenters. The molecule has 0 spiro atoms. The lowest BCUT2D eigenvalue weighted by molar-refractivity contribution is 1.29. The number of benzene rings is 11. The van der Waals surface area contributed by atoms with Crippen LogP contribution in [-0.4, -0.2) is 8.07 Å². The van der Waals surface area contributed by atoms with Gasteiger partial charge in [0.15, 0.2) is 8.07 Å². The van der Waals surface area contributed by atoms with E-state index in [4.69, 9.17) is 0 Å². The molecule has 0 fully saturated rings. The average Bonchev–Trinajstić information content (AvgIpc) is 3.70. The molecule has 1 nitrogen and oxygen atoms in total. The molecule has 0 saturated carbocycles. The van der Waals surface area contributed by atoms with Gasteiger partial charge in [-0.3, -0.25) is 0 Å². The molecule has 64 heavy (non-hydrogen) atoms. The number of nitrogens with zero attached hydrogens (tertiary/aromatic N) is 1. The highest BCUT2D eigenvalue weighted by molar-refractivity contribution is 7.23. The van der Waals surface area contributed by atoms with Crippen LogP contribution in [0.25, 0.3) is 66.1 Å². The molecule has 300 valence electrons. The van der Waals surface area contributed by atoms with Gasteiger partial charge in [0, 0.05) is 17.1 Å². The summed E-state index contributed by atoms with van der Waals surface area (Å²) >= 11 is 0. The highest BCUT2D eigenvalue weighted by Crippen LogP contribution is 2.43. The van der Waals surface area contributed by atoms with Crippen LogP contribution >= 0.6 is 0 Å². The Balaban J connectivity index is 1.12. The minimum absolute atomic E-state index is 1.11. The zero-order chi connectivity index (χ0) is 42.5. The summed E-state index contributed by atoms with van der Waals surface area (Å²) in [5, 5.41) is 10.7. The van der Waals surface area contributed by atoms with Crippen molar-refractivity contribution in [3.05, 3.63) is 261 Å². The number of anilines is 3. The van der Waals surface area contributed by atoms with Crippen LogP contribution < -0.4 is 25.6 Å². The Hall–Kier alpha value is -8.04. The van der Waals surface area contributed by atoms with E-state index in [2.05, 4.69) is 266 Å². The van der Waals surface area contributed by atoms with E-state index in [1.54, 1.807) is 0 Å². The molecule has 0 radical (unpaired) electrons. The van der Waals surface area contributed by atoms with Gasteiger partial charge in [0.2, 0.25) is 0 Å². The van der Waals surface area contributed by atoms with E-state index < -0.39 is 8.07 Å². The van der Waals surface area contributed by atoms with Crippen molar-refractivity contribution in [3.63, 3.8) is 0 Å². The smallest absolute Gasteiger partial charge is 0.183 e. The van der Waals surface area contributed by atoms with Crippen LogP contribution in [0.3, 0.4) is 0 Å². The monoisotopic (exact) mass is 829 g/mol. The molecule has 11 aromatic carbocycles. The third-order valence-corrected chi connectivity index (χ3v) is 18.2. The van der Waals surface area contributed by atoms with Gasteiger partial charge in [0.25, 0.3) is 0 Å². The Morgan fingerprint density at radius 1 is 0.297 bits per heavy atom. The van der Waals surface area contributed by atoms with Crippen LogP contribution in [0.1, 0.15) is 0 Å². The lowest BCUT2D eigenvalue weighted by atomic mass is 9.91. The fraction of sp³-hybridized carbons (Fsp3) is 0. The van der Waals surface area contributed by atoms with E-state index in [1.165, 1.54) is 92.5 Å². The van der Waals surface area contributed by atoms with E-state index in [0.29, 0.717) is 0 Å². The van der Waals surface area contributed by atoms with Gasteiger partial charge in [-0.05, 0) is 117 Å². The molecule has 0 saturated heterocycles. The van der Waals surface area contributed by atoms with Crippen LogP contribution in [0.4, 0.5) is 17.1 Å². The van der Waals surface area contributed by atoms with E-state index in [0.717, 1.165) is 11.4 Å². The van der Waals surface area contributed by atoms with Crippen LogP contribution in [0.15, 0.2) is 261 Å².